The highest BCUT2D eigenvalue weighted by Gasteiger charge is 2.19. The van der Waals surface area contributed by atoms with Gasteiger partial charge in [-0.15, -0.1) is 0 Å². The van der Waals surface area contributed by atoms with Crippen molar-refractivity contribution in [1.82, 2.24) is 0 Å². The van der Waals surface area contributed by atoms with Crippen LogP contribution in [-0.4, -0.2) is 37.2 Å². The number of hydrogen-bond donors (Lipinski definition) is 0. The van der Waals surface area contributed by atoms with Gasteiger partial charge < -0.3 is 14.2 Å². The summed E-state index contributed by atoms with van der Waals surface area (Å²) in [4.78, 5) is 38.0. The summed E-state index contributed by atoms with van der Waals surface area (Å²) >= 11 is 0. The smallest absolute Gasteiger partial charge is 0.306 e. The molecule has 0 aliphatic heterocycles. The molecule has 0 bridgehead atoms. The van der Waals surface area contributed by atoms with Crippen molar-refractivity contribution in [1.29, 1.82) is 0 Å². The van der Waals surface area contributed by atoms with Crippen LogP contribution in [0.2, 0.25) is 0 Å². The molecular formula is C59H102O6. The predicted octanol–water partition coefficient (Wildman–Crippen LogP) is 18.2. The molecule has 0 aliphatic rings. The molecule has 0 N–H and O–H groups in total. The molecule has 6 nitrogen and oxygen atoms in total. The van der Waals surface area contributed by atoms with Crippen LogP contribution in [0.5, 0.6) is 0 Å². The molecule has 0 aromatic heterocycles. The third kappa shape index (κ3) is 51.7. The van der Waals surface area contributed by atoms with E-state index in [-0.39, 0.29) is 31.1 Å². The fourth-order valence-corrected chi connectivity index (χ4v) is 7.48. The largest absolute Gasteiger partial charge is 0.462 e. The minimum atomic E-state index is -0.791. The first kappa shape index (κ1) is 61.9. The maximum absolute atomic E-state index is 12.8. The van der Waals surface area contributed by atoms with Gasteiger partial charge in [0.25, 0.3) is 0 Å². The zero-order chi connectivity index (χ0) is 47.2. The first-order valence-electron chi connectivity index (χ1n) is 27.4. The van der Waals surface area contributed by atoms with E-state index in [0.29, 0.717) is 19.3 Å². The van der Waals surface area contributed by atoms with E-state index < -0.39 is 6.10 Å². The van der Waals surface area contributed by atoms with Crippen molar-refractivity contribution in [2.75, 3.05) is 13.2 Å². The van der Waals surface area contributed by atoms with Crippen LogP contribution in [0.25, 0.3) is 0 Å². The van der Waals surface area contributed by atoms with Gasteiger partial charge in [0.1, 0.15) is 13.2 Å². The number of carbonyl (C=O) groups excluding carboxylic acids is 3. The number of rotatable bonds is 49. The highest BCUT2D eigenvalue weighted by molar-refractivity contribution is 5.71. The Bertz CT molecular complexity index is 1230. The minimum Gasteiger partial charge on any atom is -0.462 e. The molecule has 0 aromatic rings. The van der Waals surface area contributed by atoms with Crippen LogP contribution in [0.3, 0.4) is 0 Å². The summed E-state index contributed by atoms with van der Waals surface area (Å²) in [7, 11) is 0. The van der Waals surface area contributed by atoms with E-state index in [1.165, 1.54) is 103 Å². The lowest BCUT2D eigenvalue weighted by molar-refractivity contribution is -0.167. The molecule has 0 aromatic carbocycles. The van der Waals surface area contributed by atoms with Crippen LogP contribution >= 0.6 is 0 Å². The number of allylic oxidation sites excluding steroid dienone is 12. The maximum atomic E-state index is 12.8. The standard InChI is InChI=1S/C59H102O6/c1-4-7-10-13-16-19-22-24-26-28-29-30-31-32-34-35-37-40-43-46-49-52-58(61)64-55-56(54-63-57(60)51-48-45-42-39-21-18-15-12-9-6-3)65-59(62)53-50-47-44-41-38-36-33-27-25-23-20-17-14-11-8-5-2/h12,15,20,22-24,27-29,31-33,56H,4-11,13-14,16-19,21,25-26,30,34-55H2,1-3H3/b15-12-,23-20-,24-22-,29-28-,32-31-,33-27-. The zero-order valence-electron chi connectivity index (χ0n) is 42.7. The summed E-state index contributed by atoms with van der Waals surface area (Å²) in [5.74, 6) is -0.924. The number of unbranched alkanes of at least 4 members (excludes halogenated alkanes) is 26. The van der Waals surface area contributed by atoms with E-state index >= 15 is 0 Å². The fourth-order valence-electron chi connectivity index (χ4n) is 7.48. The highest BCUT2D eigenvalue weighted by Crippen LogP contribution is 2.14. The van der Waals surface area contributed by atoms with E-state index in [0.717, 1.165) is 122 Å². The Labute approximate surface area is 402 Å². The number of ether oxygens (including phenoxy) is 3. The first-order chi connectivity index (χ1) is 32.0. The molecule has 1 atom stereocenters. The van der Waals surface area contributed by atoms with Gasteiger partial charge in [-0.1, -0.05) is 209 Å². The highest BCUT2D eigenvalue weighted by atomic mass is 16.6. The third-order valence-corrected chi connectivity index (χ3v) is 11.6. The summed E-state index contributed by atoms with van der Waals surface area (Å²) in [6.45, 7) is 6.52. The molecule has 0 amide bonds. The van der Waals surface area contributed by atoms with Crippen molar-refractivity contribution in [3.8, 4) is 0 Å². The van der Waals surface area contributed by atoms with Gasteiger partial charge in [-0.05, 0) is 109 Å². The lowest BCUT2D eigenvalue weighted by Crippen LogP contribution is -2.30. The van der Waals surface area contributed by atoms with E-state index in [4.69, 9.17) is 14.2 Å². The third-order valence-electron chi connectivity index (χ3n) is 11.6. The molecule has 0 aliphatic carbocycles. The first-order valence-corrected chi connectivity index (χ1v) is 27.4. The number of hydrogen-bond acceptors (Lipinski definition) is 6. The molecule has 0 radical (unpaired) electrons. The average Bonchev–Trinajstić information content (AvgIpc) is 3.30. The molecule has 0 fully saturated rings. The molecule has 0 saturated carbocycles. The lowest BCUT2D eigenvalue weighted by Gasteiger charge is -2.18. The van der Waals surface area contributed by atoms with Crippen LogP contribution in [-0.2, 0) is 28.6 Å². The van der Waals surface area contributed by atoms with Gasteiger partial charge >= 0.3 is 17.9 Å². The van der Waals surface area contributed by atoms with Gasteiger partial charge in [0, 0.05) is 19.3 Å². The Kier molecular flexibility index (Phi) is 50.9. The van der Waals surface area contributed by atoms with Gasteiger partial charge in [-0.3, -0.25) is 14.4 Å². The Hall–Kier alpha value is -3.15. The molecule has 65 heavy (non-hydrogen) atoms. The molecule has 374 valence electrons. The Morgan fingerprint density at radius 3 is 0.954 bits per heavy atom. The molecule has 6 heteroatoms. The van der Waals surface area contributed by atoms with Crippen molar-refractivity contribution < 1.29 is 28.6 Å². The van der Waals surface area contributed by atoms with Crippen molar-refractivity contribution in [3.05, 3.63) is 72.9 Å². The quantitative estimate of drug-likeness (QED) is 0.0262. The second-order valence-corrected chi connectivity index (χ2v) is 18.1. The minimum absolute atomic E-state index is 0.0902. The number of carbonyl (C=O) groups is 3. The van der Waals surface area contributed by atoms with Crippen LogP contribution in [0, 0.1) is 0 Å². The van der Waals surface area contributed by atoms with Gasteiger partial charge in [0.15, 0.2) is 6.10 Å². The summed E-state index contributed by atoms with van der Waals surface area (Å²) < 4.78 is 16.8. The van der Waals surface area contributed by atoms with Crippen LogP contribution in [0.1, 0.15) is 265 Å². The SMILES string of the molecule is CCC/C=C\CCCCCCCC(=O)OCC(COC(=O)CCCCCCCC/C=C\C/C=C\C/C=C\CCCCCCC)OC(=O)CCCCCCC/C=C\C/C=C\CCCCCC. The Balaban J connectivity index is 4.36. The Morgan fingerprint density at radius 2 is 0.585 bits per heavy atom. The Morgan fingerprint density at radius 1 is 0.308 bits per heavy atom. The van der Waals surface area contributed by atoms with Gasteiger partial charge in [-0.25, -0.2) is 0 Å². The molecular weight excluding hydrogens is 805 g/mol. The number of esters is 3. The fraction of sp³-hybridized carbons (Fsp3) is 0.746. The molecule has 0 spiro atoms. The van der Waals surface area contributed by atoms with Crippen LogP contribution < -0.4 is 0 Å². The topological polar surface area (TPSA) is 78.9 Å². The zero-order valence-corrected chi connectivity index (χ0v) is 42.7. The summed E-state index contributed by atoms with van der Waals surface area (Å²) in [6, 6.07) is 0. The van der Waals surface area contributed by atoms with Crippen molar-refractivity contribution >= 4 is 17.9 Å². The van der Waals surface area contributed by atoms with E-state index in [9.17, 15) is 14.4 Å². The normalized spacial score (nSPS) is 12.6. The summed E-state index contributed by atoms with van der Waals surface area (Å²) in [6.07, 6.45) is 67.5. The molecule has 0 rings (SSSR count). The van der Waals surface area contributed by atoms with Gasteiger partial charge in [0.05, 0.1) is 0 Å². The average molecular weight is 907 g/mol. The maximum Gasteiger partial charge on any atom is 0.306 e. The van der Waals surface area contributed by atoms with E-state index in [1.807, 2.05) is 0 Å². The van der Waals surface area contributed by atoms with Crippen molar-refractivity contribution in [2.45, 2.75) is 271 Å². The van der Waals surface area contributed by atoms with Crippen LogP contribution in [0.15, 0.2) is 72.9 Å². The van der Waals surface area contributed by atoms with E-state index in [2.05, 4.69) is 93.7 Å². The van der Waals surface area contributed by atoms with Crippen molar-refractivity contribution in [2.24, 2.45) is 0 Å². The van der Waals surface area contributed by atoms with E-state index in [1.54, 1.807) is 0 Å². The molecule has 0 heterocycles. The van der Waals surface area contributed by atoms with Gasteiger partial charge in [-0.2, -0.15) is 0 Å². The second kappa shape index (κ2) is 53.5. The monoisotopic (exact) mass is 907 g/mol. The lowest BCUT2D eigenvalue weighted by atomic mass is 10.1. The van der Waals surface area contributed by atoms with Crippen LogP contribution in [0.4, 0.5) is 0 Å². The summed E-state index contributed by atoms with van der Waals surface area (Å²) in [5.41, 5.74) is 0. The molecule has 0 saturated heterocycles. The molecule has 1 unspecified atom stereocenters. The second-order valence-electron chi connectivity index (χ2n) is 18.1. The van der Waals surface area contributed by atoms with Crippen molar-refractivity contribution in [3.63, 3.8) is 0 Å². The summed E-state index contributed by atoms with van der Waals surface area (Å²) in [5, 5.41) is 0. The van der Waals surface area contributed by atoms with Gasteiger partial charge in [0.2, 0.25) is 0 Å². The predicted molar refractivity (Wildman–Crippen MR) is 279 cm³/mol.